The van der Waals surface area contributed by atoms with Crippen molar-refractivity contribution in [3.8, 4) is 0 Å². The van der Waals surface area contributed by atoms with Crippen LogP contribution in [0.4, 0.5) is 10.1 Å². The number of hydrogen-bond acceptors (Lipinski definition) is 3. The maximum absolute atomic E-state index is 12.7. The summed E-state index contributed by atoms with van der Waals surface area (Å²) < 4.78 is 12.7. The van der Waals surface area contributed by atoms with Crippen LogP contribution in [-0.2, 0) is 9.59 Å². The van der Waals surface area contributed by atoms with Gasteiger partial charge in [0.2, 0.25) is 0 Å². The molecule has 0 bridgehead atoms. The molecule has 0 heterocycles. The number of aliphatic hydroxyl groups is 1. The molecule has 0 aliphatic heterocycles. The first kappa shape index (κ1) is 17.1. The quantitative estimate of drug-likeness (QED) is 0.723. The lowest BCUT2D eigenvalue weighted by Crippen LogP contribution is -2.47. The molecule has 116 valence electrons. The lowest BCUT2D eigenvalue weighted by Gasteiger charge is -2.29. The Labute approximate surface area is 123 Å². The van der Waals surface area contributed by atoms with Gasteiger partial charge < -0.3 is 15.7 Å². The van der Waals surface area contributed by atoms with E-state index in [0.717, 1.165) is 6.42 Å². The van der Waals surface area contributed by atoms with Gasteiger partial charge in [0.25, 0.3) is 0 Å². The van der Waals surface area contributed by atoms with Crippen LogP contribution < -0.4 is 10.6 Å². The zero-order valence-corrected chi connectivity index (χ0v) is 12.4. The molecule has 0 saturated carbocycles. The minimum absolute atomic E-state index is 0.0158. The van der Waals surface area contributed by atoms with Gasteiger partial charge in [-0.25, -0.2) is 4.39 Å². The Bertz CT molecular complexity index is 500. The third kappa shape index (κ3) is 5.15. The molecular formula is C15H21FN2O3. The van der Waals surface area contributed by atoms with Crippen molar-refractivity contribution in [3.63, 3.8) is 0 Å². The van der Waals surface area contributed by atoms with Crippen molar-refractivity contribution in [2.24, 2.45) is 5.92 Å². The largest absolute Gasteiger partial charge is 0.388 e. The third-order valence-electron chi connectivity index (χ3n) is 3.59. The van der Waals surface area contributed by atoms with E-state index in [9.17, 15) is 19.1 Å². The number of carbonyl (C=O) groups excluding carboxylic acids is 2. The molecule has 2 atom stereocenters. The Hall–Kier alpha value is -1.95. The van der Waals surface area contributed by atoms with Gasteiger partial charge in [-0.1, -0.05) is 20.3 Å². The SMILES string of the molecule is CC[C@H](C)[C@@](C)(O)CNC(=O)C(=O)Nc1ccc(F)cc1. The van der Waals surface area contributed by atoms with E-state index in [1.165, 1.54) is 24.3 Å². The smallest absolute Gasteiger partial charge is 0.313 e. The van der Waals surface area contributed by atoms with Gasteiger partial charge in [-0.3, -0.25) is 9.59 Å². The maximum Gasteiger partial charge on any atom is 0.313 e. The number of rotatable bonds is 5. The van der Waals surface area contributed by atoms with Crippen molar-refractivity contribution in [2.75, 3.05) is 11.9 Å². The second kappa shape index (κ2) is 7.17. The van der Waals surface area contributed by atoms with Crippen molar-refractivity contribution < 1.29 is 19.1 Å². The zero-order valence-electron chi connectivity index (χ0n) is 12.4. The first-order valence-corrected chi connectivity index (χ1v) is 6.83. The highest BCUT2D eigenvalue weighted by Crippen LogP contribution is 2.18. The van der Waals surface area contributed by atoms with Gasteiger partial charge in [-0.2, -0.15) is 0 Å². The Morgan fingerprint density at radius 3 is 2.38 bits per heavy atom. The van der Waals surface area contributed by atoms with Crippen LogP contribution in [-0.4, -0.2) is 29.1 Å². The van der Waals surface area contributed by atoms with E-state index in [-0.39, 0.29) is 12.5 Å². The van der Waals surface area contributed by atoms with Crippen LogP contribution >= 0.6 is 0 Å². The lowest BCUT2D eigenvalue weighted by atomic mass is 9.89. The van der Waals surface area contributed by atoms with Gasteiger partial charge in [-0.05, 0) is 37.1 Å². The Kier molecular flexibility index (Phi) is 5.84. The summed E-state index contributed by atoms with van der Waals surface area (Å²) in [5.41, 5.74) is -0.758. The van der Waals surface area contributed by atoms with Crippen molar-refractivity contribution in [1.29, 1.82) is 0 Å². The van der Waals surface area contributed by atoms with Gasteiger partial charge >= 0.3 is 11.8 Å². The van der Waals surface area contributed by atoms with Gasteiger partial charge in [0, 0.05) is 12.2 Å². The third-order valence-corrected chi connectivity index (χ3v) is 3.59. The molecule has 21 heavy (non-hydrogen) atoms. The number of nitrogens with one attached hydrogen (secondary N) is 2. The first-order chi connectivity index (χ1) is 9.76. The minimum atomic E-state index is -1.08. The van der Waals surface area contributed by atoms with Crippen LogP contribution in [0, 0.1) is 11.7 Å². The fourth-order valence-electron chi connectivity index (χ4n) is 1.67. The predicted molar refractivity (Wildman–Crippen MR) is 78.1 cm³/mol. The molecule has 0 aromatic heterocycles. The lowest BCUT2D eigenvalue weighted by molar-refractivity contribution is -0.137. The Balaban J connectivity index is 2.52. The molecule has 1 aromatic rings. The van der Waals surface area contributed by atoms with Crippen molar-refractivity contribution in [3.05, 3.63) is 30.1 Å². The fraction of sp³-hybridized carbons (Fsp3) is 0.467. The van der Waals surface area contributed by atoms with E-state index in [0.29, 0.717) is 5.69 Å². The number of hydrogen-bond donors (Lipinski definition) is 3. The predicted octanol–water partition coefficient (Wildman–Crippen LogP) is 1.68. The van der Waals surface area contributed by atoms with Gasteiger partial charge in [0.15, 0.2) is 0 Å². The topological polar surface area (TPSA) is 78.4 Å². The Morgan fingerprint density at radius 2 is 1.86 bits per heavy atom. The summed E-state index contributed by atoms with van der Waals surface area (Å²) in [4.78, 5) is 23.3. The summed E-state index contributed by atoms with van der Waals surface area (Å²) in [6.45, 7) is 5.39. The first-order valence-electron chi connectivity index (χ1n) is 6.83. The molecule has 0 aliphatic carbocycles. The average Bonchev–Trinajstić information content (AvgIpc) is 2.46. The molecule has 6 heteroatoms. The summed E-state index contributed by atoms with van der Waals surface area (Å²) in [6, 6.07) is 5.08. The minimum Gasteiger partial charge on any atom is -0.388 e. The molecule has 1 aromatic carbocycles. The van der Waals surface area contributed by atoms with Crippen LogP contribution in [0.15, 0.2) is 24.3 Å². The summed E-state index contributed by atoms with van der Waals surface area (Å²) in [6.07, 6.45) is 0.755. The highest BCUT2D eigenvalue weighted by Gasteiger charge is 2.28. The normalized spacial score (nSPS) is 14.9. The summed E-state index contributed by atoms with van der Waals surface area (Å²) in [5.74, 6) is -2.15. The van der Waals surface area contributed by atoms with Crippen molar-refractivity contribution >= 4 is 17.5 Å². The van der Waals surface area contributed by atoms with Crippen LogP contribution in [0.5, 0.6) is 0 Å². The van der Waals surface area contributed by atoms with E-state index in [2.05, 4.69) is 10.6 Å². The van der Waals surface area contributed by atoms with Crippen molar-refractivity contribution in [1.82, 2.24) is 5.32 Å². The second-order valence-electron chi connectivity index (χ2n) is 5.31. The molecule has 0 radical (unpaired) electrons. The zero-order chi connectivity index (χ0) is 16.0. The fourth-order valence-corrected chi connectivity index (χ4v) is 1.67. The molecule has 0 fully saturated rings. The molecule has 0 aliphatic rings. The highest BCUT2D eigenvalue weighted by molar-refractivity contribution is 6.39. The number of carbonyl (C=O) groups is 2. The average molecular weight is 296 g/mol. The van der Waals surface area contributed by atoms with Crippen LogP contribution in [0.25, 0.3) is 0 Å². The number of anilines is 1. The van der Waals surface area contributed by atoms with Crippen molar-refractivity contribution in [2.45, 2.75) is 32.8 Å². The molecule has 0 saturated heterocycles. The second-order valence-corrected chi connectivity index (χ2v) is 5.31. The van der Waals surface area contributed by atoms with Crippen LogP contribution in [0.3, 0.4) is 0 Å². The molecular weight excluding hydrogens is 275 g/mol. The number of amides is 2. The van der Waals surface area contributed by atoms with E-state index in [4.69, 9.17) is 0 Å². The standard InChI is InChI=1S/C15H21FN2O3/c1-4-10(2)15(3,21)9-17-13(19)14(20)18-12-7-5-11(16)6-8-12/h5-8,10,21H,4,9H2,1-3H3,(H,17,19)(H,18,20)/t10-,15-/m0/s1. The summed E-state index contributed by atoms with van der Waals surface area (Å²) in [5, 5.41) is 14.9. The number of benzene rings is 1. The molecule has 0 spiro atoms. The van der Waals surface area contributed by atoms with Crippen LogP contribution in [0.2, 0.25) is 0 Å². The number of halogens is 1. The molecule has 1 rings (SSSR count). The van der Waals surface area contributed by atoms with E-state index < -0.39 is 23.2 Å². The maximum atomic E-state index is 12.7. The molecule has 5 nitrogen and oxygen atoms in total. The molecule has 2 amide bonds. The molecule has 3 N–H and O–H groups in total. The highest BCUT2D eigenvalue weighted by atomic mass is 19.1. The Morgan fingerprint density at radius 1 is 1.29 bits per heavy atom. The van der Waals surface area contributed by atoms with Gasteiger partial charge in [0.05, 0.1) is 5.60 Å². The van der Waals surface area contributed by atoms with Gasteiger partial charge in [0.1, 0.15) is 5.82 Å². The van der Waals surface area contributed by atoms with Crippen LogP contribution in [0.1, 0.15) is 27.2 Å². The summed E-state index contributed by atoms with van der Waals surface area (Å²) in [7, 11) is 0. The monoisotopic (exact) mass is 296 g/mol. The molecule has 0 unspecified atom stereocenters. The van der Waals surface area contributed by atoms with E-state index >= 15 is 0 Å². The van der Waals surface area contributed by atoms with Gasteiger partial charge in [-0.15, -0.1) is 0 Å². The summed E-state index contributed by atoms with van der Waals surface area (Å²) >= 11 is 0. The van der Waals surface area contributed by atoms with E-state index in [1.54, 1.807) is 6.92 Å². The van der Waals surface area contributed by atoms with E-state index in [1.807, 2.05) is 13.8 Å².